The van der Waals surface area contributed by atoms with Gasteiger partial charge in [-0.3, -0.25) is 4.90 Å². The monoisotopic (exact) mass is 406 g/mol. The number of piperazine rings is 1. The fourth-order valence-corrected chi connectivity index (χ4v) is 3.31. The predicted molar refractivity (Wildman–Crippen MR) is 112 cm³/mol. The molecule has 1 aliphatic heterocycles. The van der Waals surface area contributed by atoms with Crippen molar-refractivity contribution in [2.45, 2.75) is 6.54 Å². The van der Waals surface area contributed by atoms with Crippen LogP contribution in [0, 0.1) is 0 Å². The zero-order chi connectivity index (χ0) is 19.1. The molecular formula is C20H24Cl2N4O. The number of anilines is 1. The zero-order valence-electron chi connectivity index (χ0n) is 15.1. The van der Waals surface area contributed by atoms with Crippen LogP contribution in [0.1, 0.15) is 5.56 Å². The van der Waals surface area contributed by atoms with Crippen molar-refractivity contribution < 1.29 is 4.79 Å². The van der Waals surface area contributed by atoms with E-state index in [1.165, 1.54) is 5.69 Å². The van der Waals surface area contributed by atoms with Crippen molar-refractivity contribution in [3.05, 3.63) is 64.1 Å². The summed E-state index contributed by atoms with van der Waals surface area (Å²) in [4.78, 5) is 16.6. The molecule has 2 aromatic rings. The highest BCUT2D eigenvalue weighted by Gasteiger charge is 2.16. The summed E-state index contributed by atoms with van der Waals surface area (Å²) in [6, 6.07) is 15.3. The Labute approximate surface area is 170 Å². The Hall–Kier alpha value is -1.95. The van der Waals surface area contributed by atoms with Gasteiger partial charge in [0.2, 0.25) is 0 Å². The number of rotatable bonds is 6. The van der Waals surface area contributed by atoms with E-state index in [1.54, 1.807) is 0 Å². The first-order chi connectivity index (χ1) is 13.1. The van der Waals surface area contributed by atoms with E-state index in [-0.39, 0.29) is 6.03 Å². The molecule has 1 heterocycles. The summed E-state index contributed by atoms with van der Waals surface area (Å²) >= 11 is 11.8. The number of benzene rings is 2. The van der Waals surface area contributed by atoms with Gasteiger partial charge in [-0.2, -0.15) is 0 Å². The van der Waals surface area contributed by atoms with E-state index in [1.807, 2.05) is 36.4 Å². The molecule has 0 radical (unpaired) electrons. The van der Waals surface area contributed by atoms with E-state index in [2.05, 4.69) is 32.6 Å². The lowest BCUT2D eigenvalue weighted by molar-refractivity contribution is 0.231. The Balaban J connectivity index is 1.31. The van der Waals surface area contributed by atoms with Gasteiger partial charge < -0.3 is 15.5 Å². The second kappa shape index (κ2) is 9.83. The summed E-state index contributed by atoms with van der Waals surface area (Å²) in [5, 5.41) is 7.23. The van der Waals surface area contributed by atoms with Gasteiger partial charge in [-0.05, 0) is 42.0 Å². The molecule has 0 atom stereocenters. The molecule has 0 aromatic heterocycles. The molecule has 5 nitrogen and oxygen atoms in total. The third kappa shape index (κ3) is 6.31. The van der Waals surface area contributed by atoms with Gasteiger partial charge in [-0.25, -0.2) is 4.79 Å². The van der Waals surface area contributed by atoms with E-state index < -0.39 is 0 Å². The Morgan fingerprint density at radius 2 is 1.44 bits per heavy atom. The van der Waals surface area contributed by atoms with Crippen LogP contribution in [0.15, 0.2) is 48.5 Å². The van der Waals surface area contributed by atoms with Crippen molar-refractivity contribution in [3.8, 4) is 0 Å². The van der Waals surface area contributed by atoms with Gasteiger partial charge in [0, 0.05) is 61.5 Å². The van der Waals surface area contributed by atoms with Crippen molar-refractivity contribution in [1.29, 1.82) is 0 Å². The van der Waals surface area contributed by atoms with Gasteiger partial charge >= 0.3 is 6.03 Å². The summed E-state index contributed by atoms with van der Waals surface area (Å²) < 4.78 is 0. The van der Waals surface area contributed by atoms with Crippen LogP contribution in [0.25, 0.3) is 0 Å². The summed E-state index contributed by atoms with van der Waals surface area (Å²) in [5.74, 6) is 0. The molecule has 1 aliphatic rings. The lowest BCUT2D eigenvalue weighted by Gasteiger charge is -2.36. The average Bonchev–Trinajstić information content (AvgIpc) is 2.69. The molecule has 3 rings (SSSR count). The zero-order valence-corrected chi connectivity index (χ0v) is 16.6. The fraction of sp³-hybridized carbons (Fsp3) is 0.350. The molecule has 0 saturated carbocycles. The highest BCUT2D eigenvalue weighted by atomic mass is 35.5. The number of urea groups is 1. The van der Waals surface area contributed by atoms with Crippen molar-refractivity contribution in [2.75, 3.05) is 44.2 Å². The maximum atomic E-state index is 11.9. The number of carbonyl (C=O) groups is 1. The number of nitrogens with one attached hydrogen (secondary N) is 2. The number of carbonyl (C=O) groups excluding carboxylic acids is 1. The molecule has 2 N–H and O–H groups in total. The highest BCUT2D eigenvalue weighted by Crippen LogP contribution is 2.19. The average molecular weight is 407 g/mol. The van der Waals surface area contributed by atoms with Crippen molar-refractivity contribution in [2.24, 2.45) is 0 Å². The van der Waals surface area contributed by atoms with Gasteiger partial charge in [-0.15, -0.1) is 0 Å². The Bertz CT molecular complexity index is 729. The maximum absolute atomic E-state index is 11.9. The minimum atomic E-state index is -0.148. The van der Waals surface area contributed by atoms with Crippen LogP contribution < -0.4 is 15.5 Å². The van der Waals surface area contributed by atoms with Gasteiger partial charge in [0.15, 0.2) is 0 Å². The normalized spacial score (nSPS) is 14.8. The van der Waals surface area contributed by atoms with E-state index >= 15 is 0 Å². The van der Waals surface area contributed by atoms with E-state index in [0.717, 1.165) is 43.3 Å². The molecule has 1 saturated heterocycles. The SMILES string of the molecule is O=C(NCCN1CCN(c2ccc(Cl)cc2)CC1)NCc1ccc(Cl)cc1. The standard InChI is InChI=1S/C20H24Cl2N4O/c21-17-3-1-16(2-4-17)15-24-20(27)23-9-10-25-11-13-26(14-12-25)19-7-5-18(22)6-8-19/h1-8H,9-15H2,(H2,23,24,27). The van der Waals surface area contributed by atoms with Gasteiger partial charge in [0.05, 0.1) is 0 Å². The molecule has 2 amide bonds. The molecule has 7 heteroatoms. The number of amides is 2. The van der Waals surface area contributed by atoms with Crippen LogP contribution in [0.5, 0.6) is 0 Å². The molecule has 0 spiro atoms. The minimum Gasteiger partial charge on any atom is -0.369 e. The van der Waals surface area contributed by atoms with Crippen molar-refractivity contribution >= 4 is 34.9 Å². The number of hydrogen-bond acceptors (Lipinski definition) is 3. The number of nitrogens with zero attached hydrogens (tertiary/aromatic N) is 2. The molecule has 0 unspecified atom stereocenters. The molecule has 27 heavy (non-hydrogen) atoms. The van der Waals surface area contributed by atoms with E-state index in [9.17, 15) is 4.79 Å². The summed E-state index contributed by atoms with van der Waals surface area (Å²) in [5.41, 5.74) is 2.23. The van der Waals surface area contributed by atoms with Gasteiger partial charge in [0.25, 0.3) is 0 Å². The molecule has 2 aromatic carbocycles. The van der Waals surface area contributed by atoms with Crippen molar-refractivity contribution in [3.63, 3.8) is 0 Å². The summed E-state index contributed by atoms with van der Waals surface area (Å²) in [6.07, 6.45) is 0. The van der Waals surface area contributed by atoms with Crippen molar-refractivity contribution in [1.82, 2.24) is 15.5 Å². The van der Waals surface area contributed by atoms with Crippen LogP contribution in [0.2, 0.25) is 10.0 Å². The Morgan fingerprint density at radius 3 is 2.07 bits per heavy atom. The van der Waals surface area contributed by atoms with E-state index in [4.69, 9.17) is 23.2 Å². The second-order valence-corrected chi connectivity index (χ2v) is 7.41. The van der Waals surface area contributed by atoms with Crippen LogP contribution in [0.4, 0.5) is 10.5 Å². The smallest absolute Gasteiger partial charge is 0.315 e. The first kappa shape index (κ1) is 19.8. The van der Waals surface area contributed by atoms with Gasteiger partial charge in [0.1, 0.15) is 0 Å². The van der Waals surface area contributed by atoms with Crippen LogP contribution in [0.3, 0.4) is 0 Å². The second-order valence-electron chi connectivity index (χ2n) is 6.54. The lowest BCUT2D eigenvalue weighted by Crippen LogP contribution is -2.49. The highest BCUT2D eigenvalue weighted by molar-refractivity contribution is 6.30. The Kier molecular flexibility index (Phi) is 7.21. The first-order valence-electron chi connectivity index (χ1n) is 9.09. The third-order valence-corrected chi connectivity index (χ3v) is 5.15. The Morgan fingerprint density at radius 1 is 0.852 bits per heavy atom. The topological polar surface area (TPSA) is 47.6 Å². The van der Waals surface area contributed by atoms with Crippen LogP contribution in [-0.2, 0) is 6.54 Å². The number of hydrogen-bond donors (Lipinski definition) is 2. The maximum Gasteiger partial charge on any atom is 0.315 e. The number of halogens is 2. The van der Waals surface area contributed by atoms with Crippen LogP contribution >= 0.6 is 23.2 Å². The fourth-order valence-electron chi connectivity index (χ4n) is 3.06. The third-order valence-electron chi connectivity index (χ3n) is 4.64. The minimum absolute atomic E-state index is 0.148. The van der Waals surface area contributed by atoms with E-state index in [0.29, 0.717) is 18.1 Å². The quantitative estimate of drug-likeness (QED) is 0.769. The van der Waals surface area contributed by atoms with Gasteiger partial charge in [-0.1, -0.05) is 35.3 Å². The molecule has 0 aliphatic carbocycles. The molecular weight excluding hydrogens is 383 g/mol. The first-order valence-corrected chi connectivity index (χ1v) is 9.85. The molecule has 1 fully saturated rings. The molecule has 144 valence electrons. The summed E-state index contributed by atoms with van der Waals surface area (Å²) in [7, 11) is 0. The predicted octanol–water partition coefficient (Wildman–Crippen LogP) is 3.61. The lowest BCUT2D eigenvalue weighted by atomic mass is 10.2. The summed E-state index contributed by atoms with van der Waals surface area (Å²) in [6.45, 7) is 5.89. The largest absolute Gasteiger partial charge is 0.369 e. The molecule has 0 bridgehead atoms. The van der Waals surface area contributed by atoms with Crippen LogP contribution in [-0.4, -0.2) is 50.2 Å².